The topological polar surface area (TPSA) is 117 Å². The van der Waals surface area contributed by atoms with Crippen LogP contribution in [0.2, 0.25) is 0 Å². The number of nitrogens with zero attached hydrogens (tertiary/aromatic N) is 1. The van der Waals surface area contributed by atoms with Gasteiger partial charge in [-0.05, 0) is 45.0 Å². The molecule has 0 aliphatic carbocycles. The summed E-state index contributed by atoms with van der Waals surface area (Å²) in [6.45, 7) is 4.97. The predicted molar refractivity (Wildman–Crippen MR) is 126 cm³/mol. The van der Waals surface area contributed by atoms with E-state index in [1.807, 2.05) is 13.8 Å². The van der Waals surface area contributed by atoms with E-state index >= 15 is 0 Å². The van der Waals surface area contributed by atoms with Gasteiger partial charge in [0, 0.05) is 19.5 Å². The molecule has 0 amide bonds. The number of hydrogen-bond donors (Lipinski definition) is 1. The Morgan fingerprint density at radius 2 is 1.57 bits per heavy atom. The summed E-state index contributed by atoms with van der Waals surface area (Å²) in [5, 5.41) is 0. The summed E-state index contributed by atoms with van der Waals surface area (Å²) < 4.78 is 26.7. The first-order chi connectivity index (χ1) is 17.1. The number of H-pyrrole nitrogens is 1. The summed E-state index contributed by atoms with van der Waals surface area (Å²) in [6.07, 6.45) is -3.33. The maximum Gasteiger partial charge on any atom is 0.338 e. The minimum atomic E-state index is -1.24. The molecule has 2 aromatic carbocycles. The summed E-state index contributed by atoms with van der Waals surface area (Å²) in [7, 11) is 0. The van der Waals surface area contributed by atoms with Crippen LogP contribution in [0.4, 0.5) is 0 Å². The third-order valence-corrected chi connectivity index (χ3v) is 5.65. The van der Waals surface area contributed by atoms with Crippen LogP contribution in [0.15, 0.2) is 64.3 Å². The lowest BCUT2D eigenvalue weighted by Crippen LogP contribution is -2.33. The monoisotopic (exact) mass is 479 g/mol. The Morgan fingerprint density at radius 1 is 1.00 bits per heavy atom. The zero-order valence-electron chi connectivity index (χ0n) is 20.5. The lowest BCUT2D eigenvalue weighted by Gasteiger charge is -2.19. The maximum atomic E-state index is 12.8. The number of aromatic nitrogens is 2. The molecule has 1 aromatic heterocycles. The van der Waals surface area contributed by atoms with Crippen LogP contribution in [0.25, 0.3) is 0 Å². The molecule has 0 spiro atoms. The van der Waals surface area contributed by atoms with Gasteiger partial charge in [0.15, 0.2) is 0 Å². The van der Waals surface area contributed by atoms with Crippen LogP contribution in [0, 0.1) is 20.8 Å². The van der Waals surface area contributed by atoms with Crippen molar-refractivity contribution in [1.82, 2.24) is 9.55 Å². The van der Waals surface area contributed by atoms with E-state index in [2.05, 4.69) is 4.98 Å². The van der Waals surface area contributed by atoms with Crippen molar-refractivity contribution in [2.45, 2.75) is 45.6 Å². The molecule has 1 saturated heterocycles. The standard InChI is InChI=1S/C26H26N2O7/c1-15-4-8-18(9-5-15)24(30)33-14-21-20(35-25(31)19-10-6-16(2)7-11-19)12-22(34-21)28-13-17(3)23(29)27-26(28)32/h4-11,13,20-22H,12,14H2,1-3H3,(H,27,29,32)/t20-,21+,22+/m0/s1/i12D/t12-,20+,21-,22-/m1. The van der Waals surface area contributed by atoms with E-state index in [0.29, 0.717) is 5.56 Å². The second kappa shape index (κ2) is 10.1. The molecule has 4 atom stereocenters. The molecular formula is C26H26N2O7. The smallest absolute Gasteiger partial charge is 0.338 e. The zero-order valence-corrected chi connectivity index (χ0v) is 19.5. The highest BCUT2D eigenvalue weighted by Gasteiger charge is 2.40. The summed E-state index contributed by atoms with van der Waals surface area (Å²) in [6, 6.07) is 13.5. The van der Waals surface area contributed by atoms with Gasteiger partial charge in [-0.15, -0.1) is 0 Å². The van der Waals surface area contributed by atoms with Crippen molar-refractivity contribution < 1.29 is 25.2 Å². The van der Waals surface area contributed by atoms with Crippen LogP contribution in [0.5, 0.6) is 0 Å². The van der Waals surface area contributed by atoms with Crippen LogP contribution in [-0.2, 0) is 14.2 Å². The molecule has 1 fully saturated rings. The highest BCUT2D eigenvalue weighted by molar-refractivity contribution is 5.90. The van der Waals surface area contributed by atoms with Crippen molar-refractivity contribution in [2.24, 2.45) is 0 Å². The highest BCUT2D eigenvalue weighted by atomic mass is 16.6. The van der Waals surface area contributed by atoms with E-state index in [4.69, 9.17) is 15.6 Å². The van der Waals surface area contributed by atoms with Gasteiger partial charge in [-0.2, -0.15) is 0 Å². The predicted octanol–water partition coefficient (Wildman–Crippen LogP) is 2.83. The van der Waals surface area contributed by atoms with E-state index in [1.54, 1.807) is 48.5 Å². The van der Waals surface area contributed by atoms with Crippen molar-refractivity contribution in [2.75, 3.05) is 6.61 Å². The van der Waals surface area contributed by atoms with E-state index in [-0.39, 0.29) is 17.7 Å². The lowest BCUT2D eigenvalue weighted by atomic mass is 10.1. The fourth-order valence-corrected chi connectivity index (χ4v) is 3.58. The normalized spacial score (nSPS) is 21.9. The Balaban J connectivity index is 1.58. The first-order valence-corrected chi connectivity index (χ1v) is 11.1. The van der Waals surface area contributed by atoms with Crippen molar-refractivity contribution in [3.05, 3.63) is 103 Å². The maximum absolute atomic E-state index is 12.8. The number of benzene rings is 2. The first-order valence-electron chi connectivity index (χ1n) is 11.6. The second-order valence-electron chi connectivity index (χ2n) is 8.44. The second-order valence-corrected chi connectivity index (χ2v) is 8.44. The van der Waals surface area contributed by atoms with E-state index in [9.17, 15) is 19.2 Å². The van der Waals surface area contributed by atoms with Gasteiger partial charge in [-0.1, -0.05) is 35.4 Å². The van der Waals surface area contributed by atoms with Crippen LogP contribution >= 0.6 is 0 Å². The van der Waals surface area contributed by atoms with Gasteiger partial charge in [0.1, 0.15) is 25.0 Å². The fraction of sp³-hybridized carbons (Fsp3) is 0.308. The molecule has 1 N–H and O–H groups in total. The first kappa shape index (κ1) is 22.8. The highest BCUT2D eigenvalue weighted by Crippen LogP contribution is 2.31. The molecule has 9 nitrogen and oxygen atoms in total. The average Bonchev–Trinajstić information content (AvgIpc) is 3.15. The number of aryl methyl sites for hydroxylation is 3. The van der Waals surface area contributed by atoms with E-state index in [1.165, 1.54) is 13.1 Å². The third-order valence-electron chi connectivity index (χ3n) is 5.65. The van der Waals surface area contributed by atoms with Crippen LogP contribution in [-0.4, -0.2) is 40.3 Å². The molecule has 0 bridgehead atoms. The number of ether oxygens (including phenoxy) is 3. The quantitative estimate of drug-likeness (QED) is 0.541. The fourth-order valence-electron chi connectivity index (χ4n) is 3.58. The van der Waals surface area contributed by atoms with Crippen molar-refractivity contribution in [1.29, 1.82) is 0 Å². The Kier molecular flexibility index (Phi) is 6.58. The Hall–Kier alpha value is -3.98. The Morgan fingerprint density at radius 3 is 2.17 bits per heavy atom. The summed E-state index contributed by atoms with van der Waals surface area (Å²) in [4.78, 5) is 51.8. The molecule has 0 saturated carbocycles. The number of aromatic amines is 1. The molecular weight excluding hydrogens is 452 g/mol. The van der Waals surface area contributed by atoms with Gasteiger partial charge < -0.3 is 14.2 Å². The van der Waals surface area contributed by atoms with Crippen molar-refractivity contribution >= 4 is 11.9 Å². The van der Waals surface area contributed by atoms with E-state index < -0.39 is 48.0 Å². The summed E-state index contributed by atoms with van der Waals surface area (Å²) in [5.74, 6) is -1.29. The Labute approximate surface area is 202 Å². The van der Waals surface area contributed by atoms with Crippen molar-refractivity contribution in [3.8, 4) is 0 Å². The van der Waals surface area contributed by atoms with Crippen LogP contribution in [0.3, 0.4) is 0 Å². The molecule has 9 heteroatoms. The van der Waals surface area contributed by atoms with Gasteiger partial charge >= 0.3 is 17.6 Å². The van der Waals surface area contributed by atoms with Crippen molar-refractivity contribution in [3.63, 3.8) is 0 Å². The lowest BCUT2D eigenvalue weighted by molar-refractivity contribution is -0.0582. The number of hydrogen-bond acceptors (Lipinski definition) is 7. The molecule has 1 aliphatic heterocycles. The summed E-state index contributed by atoms with van der Waals surface area (Å²) in [5.41, 5.74) is 1.48. The molecule has 0 unspecified atom stereocenters. The van der Waals surface area contributed by atoms with Gasteiger partial charge in [0.05, 0.1) is 11.1 Å². The minimum Gasteiger partial charge on any atom is -0.459 e. The summed E-state index contributed by atoms with van der Waals surface area (Å²) >= 11 is 0. The number of esters is 2. The van der Waals surface area contributed by atoms with Gasteiger partial charge in [0.25, 0.3) is 5.56 Å². The average molecular weight is 480 g/mol. The van der Waals surface area contributed by atoms with E-state index in [0.717, 1.165) is 15.7 Å². The molecule has 2 heterocycles. The molecule has 0 radical (unpaired) electrons. The SMILES string of the molecule is [2H][C@@H]1[C@H](OC(=O)c2ccc(C)cc2)[C@@H](COC(=O)c2ccc(C)cc2)O[C@H]1n1cc(C)c(=O)[nH]c1=O. The molecule has 1 aliphatic rings. The number of nitrogens with one attached hydrogen (secondary N) is 1. The number of carbonyl (C=O) groups excluding carboxylic acids is 2. The molecule has 182 valence electrons. The Bertz CT molecular complexity index is 1380. The minimum absolute atomic E-state index is 0.243. The molecule has 35 heavy (non-hydrogen) atoms. The van der Waals surface area contributed by atoms with Crippen LogP contribution in [0.1, 0.15) is 51.4 Å². The van der Waals surface area contributed by atoms with Gasteiger partial charge in [-0.3, -0.25) is 14.3 Å². The largest absolute Gasteiger partial charge is 0.459 e. The molecule has 3 aromatic rings. The van der Waals surface area contributed by atoms with Gasteiger partial charge in [0.2, 0.25) is 0 Å². The number of carbonyl (C=O) groups is 2. The van der Waals surface area contributed by atoms with Gasteiger partial charge in [-0.25, -0.2) is 14.4 Å². The third kappa shape index (κ3) is 5.58. The molecule has 4 rings (SSSR count). The van der Waals surface area contributed by atoms with Crippen LogP contribution < -0.4 is 11.2 Å². The zero-order chi connectivity index (χ0) is 26.0. The number of rotatable bonds is 6.